The van der Waals surface area contributed by atoms with Crippen molar-refractivity contribution >= 4 is 76.3 Å². The summed E-state index contributed by atoms with van der Waals surface area (Å²) in [6, 6.07) is 61.4. The molecule has 0 N–H and O–H groups in total. The van der Waals surface area contributed by atoms with Crippen LogP contribution in [-0.2, 0) is 0 Å². The highest BCUT2D eigenvalue weighted by molar-refractivity contribution is 6.20. The van der Waals surface area contributed by atoms with E-state index in [0.717, 1.165) is 38.9 Å². The Morgan fingerprint density at radius 3 is 1.80 bits per heavy atom. The molecule has 0 aliphatic heterocycles. The highest BCUT2D eigenvalue weighted by Gasteiger charge is 2.20. The number of furan rings is 1. The standard InChI is InChI=1S/C46H28N2O/c1-2-15-32(16-3-1)47-41-26-30-13-5-4-12-29(30)25-37(41)39-28-42-38(27-43(39)47)35-18-6-8-21-40(35)48(42)33-17-10-14-31(24-33)34-20-11-23-45-46(34)36-19-7-9-22-44(36)49-45/h1-28H. The van der Waals surface area contributed by atoms with Crippen LogP contribution in [0.5, 0.6) is 0 Å². The fourth-order valence-electron chi connectivity index (χ4n) is 8.12. The molecular formula is C46H28N2O. The van der Waals surface area contributed by atoms with Gasteiger partial charge in [0.25, 0.3) is 0 Å². The van der Waals surface area contributed by atoms with Crippen LogP contribution in [0, 0.1) is 0 Å². The monoisotopic (exact) mass is 624 g/mol. The molecule has 0 saturated heterocycles. The highest BCUT2D eigenvalue weighted by atomic mass is 16.3. The fourth-order valence-corrected chi connectivity index (χ4v) is 8.12. The van der Waals surface area contributed by atoms with Gasteiger partial charge in [-0.25, -0.2) is 0 Å². The van der Waals surface area contributed by atoms with Gasteiger partial charge in [0.05, 0.1) is 22.1 Å². The highest BCUT2D eigenvalue weighted by Crippen LogP contribution is 2.42. The third-order valence-corrected chi connectivity index (χ3v) is 10.3. The molecule has 11 aromatic rings. The van der Waals surface area contributed by atoms with Gasteiger partial charge in [-0.15, -0.1) is 0 Å². The summed E-state index contributed by atoms with van der Waals surface area (Å²) < 4.78 is 11.1. The Morgan fingerprint density at radius 1 is 0.347 bits per heavy atom. The SMILES string of the molecule is c1ccc(-n2c3cc4ccccc4cc3c3cc4c(cc32)c2ccccc2n4-c2cccc(-c3cccc4oc5ccccc5c34)c2)cc1. The van der Waals surface area contributed by atoms with Crippen molar-refractivity contribution in [3.63, 3.8) is 0 Å². The van der Waals surface area contributed by atoms with E-state index in [9.17, 15) is 0 Å². The van der Waals surface area contributed by atoms with Gasteiger partial charge >= 0.3 is 0 Å². The van der Waals surface area contributed by atoms with Crippen LogP contribution in [0.2, 0.25) is 0 Å². The van der Waals surface area contributed by atoms with Gasteiger partial charge in [0.1, 0.15) is 11.2 Å². The van der Waals surface area contributed by atoms with Crippen LogP contribution in [0.15, 0.2) is 174 Å². The van der Waals surface area contributed by atoms with Crippen molar-refractivity contribution in [3.8, 4) is 22.5 Å². The van der Waals surface area contributed by atoms with E-state index < -0.39 is 0 Å². The summed E-state index contributed by atoms with van der Waals surface area (Å²) in [6.45, 7) is 0. The lowest BCUT2D eigenvalue weighted by molar-refractivity contribution is 0.669. The van der Waals surface area contributed by atoms with E-state index in [1.54, 1.807) is 0 Å². The minimum Gasteiger partial charge on any atom is -0.456 e. The van der Waals surface area contributed by atoms with Crippen LogP contribution >= 0.6 is 0 Å². The van der Waals surface area contributed by atoms with Gasteiger partial charge in [-0.05, 0) is 88.6 Å². The second-order valence-electron chi connectivity index (χ2n) is 13.0. The summed E-state index contributed by atoms with van der Waals surface area (Å²) in [5.74, 6) is 0. The zero-order chi connectivity index (χ0) is 32.1. The van der Waals surface area contributed by atoms with E-state index in [1.165, 1.54) is 59.9 Å². The van der Waals surface area contributed by atoms with Gasteiger partial charge in [0, 0.05) is 43.7 Å². The molecule has 3 heteroatoms. The molecule has 3 nitrogen and oxygen atoms in total. The predicted molar refractivity (Wildman–Crippen MR) is 205 cm³/mol. The molecular weight excluding hydrogens is 597 g/mol. The van der Waals surface area contributed by atoms with Crippen molar-refractivity contribution in [3.05, 3.63) is 170 Å². The van der Waals surface area contributed by atoms with Gasteiger partial charge in [-0.3, -0.25) is 0 Å². The molecule has 8 aromatic carbocycles. The molecule has 11 rings (SSSR count). The maximum Gasteiger partial charge on any atom is 0.136 e. The number of para-hydroxylation sites is 3. The molecule has 0 atom stereocenters. The molecule has 0 fully saturated rings. The molecule has 0 amide bonds. The zero-order valence-electron chi connectivity index (χ0n) is 26.5. The Hall–Kier alpha value is -6.58. The Kier molecular flexibility index (Phi) is 5.38. The lowest BCUT2D eigenvalue weighted by Gasteiger charge is -2.11. The lowest BCUT2D eigenvalue weighted by atomic mass is 9.99. The number of rotatable bonds is 3. The summed E-state index contributed by atoms with van der Waals surface area (Å²) in [4.78, 5) is 0. The normalized spacial score (nSPS) is 12.1. The number of fused-ring (bicyclic) bond motifs is 10. The smallest absolute Gasteiger partial charge is 0.136 e. The summed E-state index contributed by atoms with van der Waals surface area (Å²) in [5.41, 5.74) is 11.2. The molecule has 0 spiro atoms. The van der Waals surface area contributed by atoms with Gasteiger partial charge in [0.2, 0.25) is 0 Å². The molecule has 3 heterocycles. The summed E-state index contributed by atoms with van der Waals surface area (Å²) in [6.07, 6.45) is 0. The van der Waals surface area contributed by atoms with E-state index in [-0.39, 0.29) is 0 Å². The van der Waals surface area contributed by atoms with Crippen molar-refractivity contribution in [2.24, 2.45) is 0 Å². The third kappa shape index (κ3) is 3.78. The first kappa shape index (κ1) is 26.5. The van der Waals surface area contributed by atoms with Gasteiger partial charge in [-0.1, -0.05) is 103 Å². The number of benzene rings is 8. The van der Waals surface area contributed by atoms with Crippen molar-refractivity contribution in [2.45, 2.75) is 0 Å². The Morgan fingerprint density at radius 2 is 0.939 bits per heavy atom. The van der Waals surface area contributed by atoms with Crippen LogP contribution in [-0.4, -0.2) is 9.13 Å². The minimum atomic E-state index is 0.908. The molecule has 0 aliphatic carbocycles. The van der Waals surface area contributed by atoms with Crippen molar-refractivity contribution < 1.29 is 4.42 Å². The predicted octanol–water partition coefficient (Wildman–Crippen LogP) is 12.6. The number of nitrogens with zero attached hydrogens (tertiary/aromatic N) is 2. The quantitative estimate of drug-likeness (QED) is 0.192. The average Bonchev–Trinajstić information content (AvgIpc) is 3.80. The first-order chi connectivity index (χ1) is 24.3. The van der Waals surface area contributed by atoms with E-state index in [4.69, 9.17) is 4.42 Å². The van der Waals surface area contributed by atoms with Crippen LogP contribution in [0.4, 0.5) is 0 Å². The maximum atomic E-state index is 6.26. The first-order valence-electron chi connectivity index (χ1n) is 16.8. The van der Waals surface area contributed by atoms with Gasteiger partial charge in [-0.2, -0.15) is 0 Å². The van der Waals surface area contributed by atoms with Crippen LogP contribution in [0.1, 0.15) is 0 Å². The van der Waals surface area contributed by atoms with Crippen LogP contribution in [0.25, 0.3) is 98.8 Å². The van der Waals surface area contributed by atoms with Crippen molar-refractivity contribution in [2.75, 3.05) is 0 Å². The molecule has 0 unspecified atom stereocenters. The van der Waals surface area contributed by atoms with E-state index in [2.05, 4.69) is 167 Å². The van der Waals surface area contributed by atoms with E-state index in [1.807, 2.05) is 12.1 Å². The molecule has 0 radical (unpaired) electrons. The van der Waals surface area contributed by atoms with E-state index >= 15 is 0 Å². The second kappa shape index (κ2) is 9.96. The Labute approximate surface area is 281 Å². The molecule has 228 valence electrons. The van der Waals surface area contributed by atoms with Crippen molar-refractivity contribution in [1.82, 2.24) is 9.13 Å². The maximum absolute atomic E-state index is 6.26. The first-order valence-corrected chi connectivity index (χ1v) is 16.8. The fraction of sp³-hybridized carbons (Fsp3) is 0. The minimum absolute atomic E-state index is 0.908. The van der Waals surface area contributed by atoms with Crippen LogP contribution in [0.3, 0.4) is 0 Å². The zero-order valence-corrected chi connectivity index (χ0v) is 26.5. The average molecular weight is 625 g/mol. The third-order valence-electron chi connectivity index (χ3n) is 10.3. The largest absolute Gasteiger partial charge is 0.456 e. The van der Waals surface area contributed by atoms with Crippen LogP contribution < -0.4 is 0 Å². The number of aromatic nitrogens is 2. The molecule has 0 aliphatic rings. The molecule has 3 aromatic heterocycles. The van der Waals surface area contributed by atoms with E-state index in [0.29, 0.717) is 0 Å². The lowest BCUT2D eigenvalue weighted by Crippen LogP contribution is -1.95. The number of hydrogen-bond acceptors (Lipinski definition) is 1. The Bertz CT molecular complexity index is 3100. The van der Waals surface area contributed by atoms with Gasteiger partial charge in [0.15, 0.2) is 0 Å². The van der Waals surface area contributed by atoms with Crippen molar-refractivity contribution in [1.29, 1.82) is 0 Å². The summed E-state index contributed by atoms with van der Waals surface area (Å²) in [5, 5.41) is 9.75. The van der Waals surface area contributed by atoms with Gasteiger partial charge < -0.3 is 13.6 Å². The molecule has 49 heavy (non-hydrogen) atoms. The second-order valence-corrected chi connectivity index (χ2v) is 13.0. The number of hydrogen-bond donors (Lipinski definition) is 0. The Balaban J connectivity index is 1.22. The topological polar surface area (TPSA) is 23.0 Å². The molecule has 0 bridgehead atoms. The summed E-state index contributed by atoms with van der Waals surface area (Å²) >= 11 is 0. The molecule has 0 saturated carbocycles. The summed E-state index contributed by atoms with van der Waals surface area (Å²) in [7, 11) is 0.